The van der Waals surface area contributed by atoms with Crippen LogP contribution in [0, 0.1) is 11.3 Å². The van der Waals surface area contributed by atoms with Crippen molar-refractivity contribution >= 4 is 0 Å². The lowest BCUT2D eigenvalue weighted by atomic mass is 9.55. The van der Waals surface area contributed by atoms with Gasteiger partial charge in [-0.05, 0) is 43.4 Å². The Kier molecular flexibility index (Phi) is 2.61. The second kappa shape index (κ2) is 3.49. The summed E-state index contributed by atoms with van der Waals surface area (Å²) in [5.74, 6) is 0.339. The van der Waals surface area contributed by atoms with Crippen molar-refractivity contribution in [3.63, 3.8) is 0 Å². The Morgan fingerprint density at radius 3 is 2.64 bits per heavy atom. The summed E-state index contributed by atoms with van der Waals surface area (Å²) in [5, 5.41) is 19.8. The molecule has 0 spiro atoms. The Bertz CT molecular complexity index is 216. The van der Waals surface area contributed by atoms with Crippen LogP contribution in [0.3, 0.4) is 0 Å². The van der Waals surface area contributed by atoms with E-state index in [1.807, 2.05) is 0 Å². The lowest BCUT2D eigenvalue weighted by Crippen LogP contribution is -2.53. The van der Waals surface area contributed by atoms with E-state index in [1.165, 1.54) is 12.8 Å². The highest BCUT2D eigenvalue weighted by Gasteiger charge is 2.51. The largest absolute Gasteiger partial charge is 0.396 e. The van der Waals surface area contributed by atoms with E-state index in [-0.39, 0.29) is 12.0 Å². The summed E-state index contributed by atoms with van der Waals surface area (Å²) in [5.41, 5.74) is -0.339. The molecule has 0 bridgehead atoms. The number of hydrogen-bond acceptors (Lipinski definition) is 2. The van der Waals surface area contributed by atoms with Gasteiger partial charge in [0.05, 0.1) is 5.60 Å². The van der Waals surface area contributed by atoms with Gasteiger partial charge in [-0.15, -0.1) is 0 Å². The molecule has 0 amide bonds. The van der Waals surface area contributed by atoms with E-state index in [2.05, 4.69) is 6.92 Å². The topological polar surface area (TPSA) is 40.5 Å². The Morgan fingerprint density at radius 1 is 1.21 bits per heavy atom. The molecular formula is C12H22O2. The zero-order valence-electron chi connectivity index (χ0n) is 9.13. The van der Waals surface area contributed by atoms with Gasteiger partial charge < -0.3 is 10.2 Å². The highest BCUT2D eigenvalue weighted by molar-refractivity contribution is 5.03. The molecule has 0 saturated heterocycles. The van der Waals surface area contributed by atoms with Gasteiger partial charge in [0.2, 0.25) is 0 Å². The molecule has 0 heterocycles. The van der Waals surface area contributed by atoms with E-state index < -0.39 is 5.60 Å². The summed E-state index contributed by atoms with van der Waals surface area (Å²) in [6, 6.07) is 0. The average molecular weight is 198 g/mol. The molecule has 2 aliphatic rings. The van der Waals surface area contributed by atoms with Crippen molar-refractivity contribution in [2.75, 3.05) is 6.61 Å². The second-order valence-electron chi connectivity index (χ2n) is 5.59. The van der Waals surface area contributed by atoms with Crippen LogP contribution in [-0.4, -0.2) is 22.4 Å². The van der Waals surface area contributed by atoms with Crippen LogP contribution in [0.1, 0.15) is 51.9 Å². The Balaban J connectivity index is 2.15. The van der Waals surface area contributed by atoms with Gasteiger partial charge in [-0.2, -0.15) is 0 Å². The van der Waals surface area contributed by atoms with Gasteiger partial charge in [-0.3, -0.25) is 0 Å². The minimum absolute atomic E-state index is 0.136. The Labute approximate surface area is 86.3 Å². The number of aliphatic hydroxyl groups excluding tert-OH is 1. The molecule has 0 radical (unpaired) electrons. The maximum atomic E-state index is 10.6. The maximum Gasteiger partial charge on any atom is 0.0704 e. The van der Waals surface area contributed by atoms with E-state index in [9.17, 15) is 5.11 Å². The molecule has 2 saturated carbocycles. The summed E-state index contributed by atoms with van der Waals surface area (Å²) in [6.45, 7) is 2.48. The molecule has 3 unspecified atom stereocenters. The minimum atomic E-state index is -0.475. The number of hydrogen-bond donors (Lipinski definition) is 2. The fourth-order valence-corrected chi connectivity index (χ4v) is 3.43. The predicted octanol–water partition coefficient (Wildman–Crippen LogP) is 2.09. The molecule has 2 fully saturated rings. The monoisotopic (exact) mass is 198 g/mol. The average Bonchev–Trinajstić information content (AvgIpc) is 2.18. The molecule has 0 aliphatic heterocycles. The van der Waals surface area contributed by atoms with Gasteiger partial charge in [0.25, 0.3) is 0 Å². The molecule has 0 aromatic carbocycles. The lowest BCUT2D eigenvalue weighted by Gasteiger charge is -2.53. The van der Waals surface area contributed by atoms with Crippen molar-refractivity contribution in [1.29, 1.82) is 0 Å². The molecule has 82 valence electrons. The summed E-state index contributed by atoms with van der Waals surface area (Å²) < 4.78 is 0. The van der Waals surface area contributed by atoms with E-state index >= 15 is 0 Å². The van der Waals surface area contributed by atoms with Crippen molar-refractivity contribution in [3.8, 4) is 0 Å². The van der Waals surface area contributed by atoms with Crippen molar-refractivity contribution in [2.24, 2.45) is 11.3 Å². The summed E-state index contributed by atoms with van der Waals surface area (Å²) >= 11 is 0. The standard InChI is InChI=1S/C12H22O2/c1-11-5-2-3-6-12(11,14)8-10(9-13)4-7-11/h10,13-14H,2-9H2,1H3. The van der Waals surface area contributed by atoms with E-state index in [0.717, 1.165) is 32.1 Å². The normalized spacial score (nSPS) is 48.6. The molecule has 0 aromatic rings. The quantitative estimate of drug-likeness (QED) is 0.677. The van der Waals surface area contributed by atoms with Crippen LogP contribution >= 0.6 is 0 Å². The molecular weight excluding hydrogens is 176 g/mol. The molecule has 2 nitrogen and oxygen atoms in total. The third kappa shape index (κ3) is 1.49. The Hall–Kier alpha value is -0.0800. The second-order valence-corrected chi connectivity index (χ2v) is 5.59. The predicted molar refractivity (Wildman–Crippen MR) is 56.0 cm³/mol. The van der Waals surface area contributed by atoms with Crippen LogP contribution in [0.5, 0.6) is 0 Å². The van der Waals surface area contributed by atoms with Gasteiger partial charge in [0, 0.05) is 6.61 Å². The van der Waals surface area contributed by atoms with Gasteiger partial charge >= 0.3 is 0 Å². The van der Waals surface area contributed by atoms with Crippen LogP contribution in [-0.2, 0) is 0 Å². The highest BCUT2D eigenvalue weighted by atomic mass is 16.3. The molecule has 2 aliphatic carbocycles. The number of rotatable bonds is 1. The summed E-state index contributed by atoms with van der Waals surface area (Å²) in [7, 11) is 0. The fourth-order valence-electron chi connectivity index (χ4n) is 3.43. The number of fused-ring (bicyclic) bond motifs is 1. The highest BCUT2D eigenvalue weighted by Crippen LogP contribution is 2.54. The van der Waals surface area contributed by atoms with E-state index in [4.69, 9.17) is 5.11 Å². The smallest absolute Gasteiger partial charge is 0.0704 e. The number of aliphatic hydroxyl groups is 2. The molecule has 3 atom stereocenters. The van der Waals surface area contributed by atoms with Crippen molar-refractivity contribution < 1.29 is 10.2 Å². The van der Waals surface area contributed by atoms with Crippen LogP contribution in [0.15, 0.2) is 0 Å². The summed E-state index contributed by atoms with van der Waals surface area (Å²) in [4.78, 5) is 0. The van der Waals surface area contributed by atoms with Crippen LogP contribution < -0.4 is 0 Å². The van der Waals surface area contributed by atoms with Crippen molar-refractivity contribution in [1.82, 2.24) is 0 Å². The van der Waals surface area contributed by atoms with Gasteiger partial charge in [0.1, 0.15) is 0 Å². The third-order valence-corrected chi connectivity index (χ3v) is 4.68. The maximum absolute atomic E-state index is 10.6. The zero-order chi connectivity index (χ0) is 10.2. The fraction of sp³-hybridized carbons (Fsp3) is 1.00. The third-order valence-electron chi connectivity index (χ3n) is 4.68. The first kappa shape index (κ1) is 10.4. The van der Waals surface area contributed by atoms with Crippen LogP contribution in [0.2, 0.25) is 0 Å². The Morgan fingerprint density at radius 2 is 1.93 bits per heavy atom. The molecule has 2 N–H and O–H groups in total. The molecule has 2 heteroatoms. The molecule has 14 heavy (non-hydrogen) atoms. The SMILES string of the molecule is CC12CCCCC1(O)CC(CO)CC2. The molecule has 2 rings (SSSR count). The first-order valence-electron chi connectivity index (χ1n) is 5.93. The van der Waals surface area contributed by atoms with E-state index in [1.54, 1.807) is 0 Å². The lowest BCUT2D eigenvalue weighted by molar-refractivity contribution is -0.150. The van der Waals surface area contributed by atoms with Crippen LogP contribution in [0.4, 0.5) is 0 Å². The molecule has 0 aromatic heterocycles. The van der Waals surface area contributed by atoms with Crippen molar-refractivity contribution in [2.45, 2.75) is 57.5 Å². The van der Waals surface area contributed by atoms with Gasteiger partial charge in [-0.25, -0.2) is 0 Å². The first-order valence-corrected chi connectivity index (χ1v) is 5.93. The minimum Gasteiger partial charge on any atom is -0.396 e. The van der Waals surface area contributed by atoms with Crippen molar-refractivity contribution in [3.05, 3.63) is 0 Å². The van der Waals surface area contributed by atoms with Crippen LogP contribution in [0.25, 0.3) is 0 Å². The summed E-state index contributed by atoms with van der Waals surface area (Å²) in [6.07, 6.45) is 7.54. The zero-order valence-corrected chi connectivity index (χ0v) is 9.13. The van der Waals surface area contributed by atoms with Gasteiger partial charge in [-0.1, -0.05) is 19.8 Å². The first-order chi connectivity index (χ1) is 6.60. The van der Waals surface area contributed by atoms with Gasteiger partial charge in [0.15, 0.2) is 0 Å². The van der Waals surface area contributed by atoms with E-state index in [0.29, 0.717) is 5.92 Å².